The van der Waals surface area contributed by atoms with Gasteiger partial charge in [-0.2, -0.15) is 24.9 Å². The minimum atomic E-state index is -4.20. The first-order valence-electron chi connectivity index (χ1n) is 4.69. The second-order valence-corrected chi connectivity index (χ2v) is 4.10. The fourth-order valence-corrected chi connectivity index (χ4v) is 1.39. The molecule has 0 aliphatic rings. The van der Waals surface area contributed by atoms with Gasteiger partial charge in [0.15, 0.2) is 0 Å². The van der Waals surface area contributed by atoms with E-state index in [-0.39, 0.29) is 25.3 Å². The predicted octanol–water partition coefficient (Wildman–Crippen LogP) is 1.06. The van der Waals surface area contributed by atoms with E-state index in [9.17, 15) is 22.8 Å². The van der Waals surface area contributed by atoms with E-state index in [4.69, 9.17) is 5.11 Å². The fourth-order valence-electron chi connectivity index (χ4n) is 0.770. The molecule has 0 spiro atoms. The van der Waals surface area contributed by atoms with Crippen LogP contribution in [0.4, 0.5) is 18.0 Å². The van der Waals surface area contributed by atoms with Gasteiger partial charge in [0.05, 0.1) is 12.2 Å². The van der Waals surface area contributed by atoms with Crippen LogP contribution in [0, 0.1) is 0 Å². The average Bonchev–Trinajstić information content (AvgIpc) is 2.14. The van der Waals surface area contributed by atoms with Crippen LogP contribution in [0.2, 0.25) is 0 Å². The Morgan fingerprint density at radius 3 is 2.29 bits per heavy atom. The number of carboxylic acids is 1. The lowest BCUT2D eigenvalue weighted by molar-refractivity contribution is -0.136. The van der Waals surface area contributed by atoms with Gasteiger partial charge in [-0.1, -0.05) is 0 Å². The van der Waals surface area contributed by atoms with E-state index >= 15 is 0 Å². The minimum absolute atomic E-state index is 0.0170. The van der Waals surface area contributed by atoms with Crippen molar-refractivity contribution in [1.82, 2.24) is 10.6 Å². The fraction of sp³-hybridized carbons (Fsp3) is 0.750. The summed E-state index contributed by atoms with van der Waals surface area (Å²) in [6.45, 7) is 0.0799. The number of aliphatic carboxylic acids is 1. The Morgan fingerprint density at radius 2 is 1.76 bits per heavy atom. The van der Waals surface area contributed by atoms with Gasteiger partial charge in [-0.05, 0) is 0 Å². The predicted molar refractivity (Wildman–Crippen MR) is 57.0 cm³/mol. The molecule has 3 N–H and O–H groups in total. The molecule has 0 heterocycles. The molecule has 0 rings (SSSR count). The van der Waals surface area contributed by atoms with Crippen molar-refractivity contribution in [1.29, 1.82) is 0 Å². The third-order valence-electron chi connectivity index (χ3n) is 1.42. The van der Waals surface area contributed by atoms with Crippen LogP contribution in [0.5, 0.6) is 0 Å². The molecular formula is C8H13F3N2O3S. The van der Waals surface area contributed by atoms with Gasteiger partial charge in [-0.25, -0.2) is 4.79 Å². The summed E-state index contributed by atoms with van der Waals surface area (Å²) in [6, 6.07) is -0.584. The molecule has 2 amide bonds. The smallest absolute Gasteiger partial charge is 0.397 e. The molecule has 100 valence electrons. The zero-order valence-corrected chi connectivity index (χ0v) is 9.66. The van der Waals surface area contributed by atoms with Crippen LogP contribution in [0.25, 0.3) is 0 Å². The molecule has 0 unspecified atom stereocenters. The van der Waals surface area contributed by atoms with Gasteiger partial charge in [-0.15, -0.1) is 0 Å². The Labute approximate surface area is 100 Å². The molecule has 0 saturated carbocycles. The average molecular weight is 274 g/mol. The van der Waals surface area contributed by atoms with Crippen molar-refractivity contribution in [2.24, 2.45) is 0 Å². The third kappa shape index (κ3) is 12.8. The van der Waals surface area contributed by atoms with Gasteiger partial charge in [-0.3, -0.25) is 4.79 Å². The number of hydrogen-bond acceptors (Lipinski definition) is 3. The van der Waals surface area contributed by atoms with Gasteiger partial charge in [0.2, 0.25) is 0 Å². The summed E-state index contributed by atoms with van der Waals surface area (Å²) >= 11 is 0.669. The standard InChI is InChI=1S/C8H13F3N2O3S/c9-8(10,11)5-17-4-3-13-7(16)12-2-1-6(14)15/h1-5H2,(H,14,15)(H2,12,13,16). The molecule has 0 aromatic heterocycles. The number of carbonyl (C=O) groups is 2. The SMILES string of the molecule is O=C(O)CCNC(=O)NCCSCC(F)(F)F. The maximum atomic E-state index is 11.7. The highest BCUT2D eigenvalue weighted by Gasteiger charge is 2.26. The summed E-state index contributed by atoms with van der Waals surface area (Å²) < 4.78 is 35.1. The van der Waals surface area contributed by atoms with Crippen molar-refractivity contribution >= 4 is 23.8 Å². The van der Waals surface area contributed by atoms with E-state index in [1.807, 2.05) is 0 Å². The molecule has 9 heteroatoms. The van der Waals surface area contributed by atoms with Crippen molar-refractivity contribution < 1.29 is 27.9 Å². The number of amides is 2. The molecule has 0 aliphatic carbocycles. The van der Waals surface area contributed by atoms with Crippen LogP contribution in [-0.2, 0) is 4.79 Å². The monoisotopic (exact) mass is 274 g/mol. The van der Waals surface area contributed by atoms with Crippen molar-refractivity contribution in [3.8, 4) is 0 Å². The van der Waals surface area contributed by atoms with Gasteiger partial charge in [0, 0.05) is 18.8 Å². The quantitative estimate of drug-likeness (QED) is 0.606. The highest BCUT2D eigenvalue weighted by molar-refractivity contribution is 7.99. The van der Waals surface area contributed by atoms with E-state index in [2.05, 4.69) is 10.6 Å². The molecule has 0 bridgehead atoms. The van der Waals surface area contributed by atoms with Crippen LogP contribution < -0.4 is 10.6 Å². The number of carboxylic acid groups (broad SMARTS) is 1. The lowest BCUT2D eigenvalue weighted by Gasteiger charge is -2.07. The zero-order valence-electron chi connectivity index (χ0n) is 8.84. The Kier molecular flexibility index (Phi) is 7.51. The maximum absolute atomic E-state index is 11.7. The van der Waals surface area contributed by atoms with Crippen molar-refractivity contribution in [3.63, 3.8) is 0 Å². The number of alkyl halides is 3. The maximum Gasteiger partial charge on any atom is 0.397 e. The molecule has 17 heavy (non-hydrogen) atoms. The molecule has 0 saturated heterocycles. The van der Waals surface area contributed by atoms with Gasteiger partial charge >= 0.3 is 18.2 Å². The summed E-state index contributed by atoms with van der Waals surface area (Å²) in [5.41, 5.74) is 0. The van der Waals surface area contributed by atoms with Crippen molar-refractivity contribution in [2.45, 2.75) is 12.6 Å². The highest BCUT2D eigenvalue weighted by atomic mass is 32.2. The lowest BCUT2D eigenvalue weighted by atomic mass is 10.4. The minimum Gasteiger partial charge on any atom is -0.481 e. The number of nitrogens with one attached hydrogen (secondary N) is 2. The second-order valence-electron chi connectivity index (χ2n) is 2.99. The van der Waals surface area contributed by atoms with Gasteiger partial charge < -0.3 is 15.7 Å². The molecule has 0 aromatic rings. The number of carbonyl (C=O) groups excluding carboxylic acids is 1. The Morgan fingerprint density at radius 1 is 1.18 bits per heavy atom. The number of rotatable bonds is 7. The molecular weight excluding hydrogens is 261 g/mol. The van der Waals surface area contributed by atoms with E-state index in [1.165, 1.54) is 0 Å². The first-order chi connectivity index (χ1) is 7.81. The molecule has 0 fully saturated rings. The topological polar surface area (TPSA) is 78.4 Å². The number of hydrogen-bond donors (Lipinski definition) is 3. The molecule has 5 nitrogen and oxygen atoms in total. The van der Waals surface area contributed by atoms with Crippen LogP contribution in [0.15, 0.2) is 0 Å². The first kappa shape index (κ1) is 15.9. The Bertz CT molecular complexity index is 261. The molecule has 0 aromatic carbocycles. The Hall–Kier alpha value is -1.12. The highest BCUT2D eigenvalue weighted by Crippen LogP contribution is 2.20. The summed E-state index contributed by atoms with van der Waals surface area (Å²) in [6.07, 6.45) is -4.40. The van der Waals surface area contributed by atoms with Gasteiger partial charge in [0.1, 0.15) is 0 Å². The summed E-state index contributed by atoms with van der Waals surface area (Å²) in [5.74, 6) is -1.84. The van der Waals surface area contributed by atoms with Crippen LogP contribution >= 0.6 is 11.8 Å². The van der Waals surface area contributed by atoms with Crippen molar-refractivity contribution in [3.05, 3.63) is 0 Å². The number of halogens is 3. The van der Waals surface area contributed by atoms with Crippen LogP contribution in [-0.4, -0.2) is 47.9 Å². The molecule has 0 aliphatic heterocycles. The first-order valence-corrected chi connectivity index (χ1v) is 5.85. The molecule has 0 radical (unpaired) electrons. The normalized spacial score (nSPS) is 11.0. The molecule has 0 atom stereocenters. The van der Waals surface area contributed by atoms with E-state index < -0.39 is 23.9 Å². The van der Waals surface area contributed by atoms with Crippen molar-refractivity contribution in [2.75, 3.05) is 24.6 Å². The van der Waals surface area contributed by atoms with E-state index in [0.717, 1.165) is 0 Å². The van der Waals surface area contributed by atoms with Crippen LogP contribution in [0.1, 0.15) is 6.42 Å². The lowest BCUT2D eigenvalue weighted by Crippen LogP contribution is -2.37. The number of urea groups is 1. The van der Waals surface area contributed by atoms with E-state index in [0.29, 0.717) is 11.8 Å². The largest absolute Gasteiger partial charge is 0.481 e. The van der Waals surface area contributed by atoms with E-state index in [1.54, 1.807) is 0 Å². The Balaban J connectivity index is 3.37. The zero-order chi connectivity index (χ0) is 13.3. The summed E-state index contributed by atoms with van der Waals surface area (Å²) in [5, 5.41) is 12.8. The summed E-state index contributed by atoms with van der Waals surface area (Å²) in [7, 11) is 0. The second kappa shape index (κ2) is 8.04. The van der Waals surface area contributed by atoms with Gasteiger partial charge in [0.25, 0.3) is 0 Å². The third-order valence-corrected chi connectivity index (χ3v) is 2.45. The summed E-state index contributed by atoms with van der Waals surface area (Å²) in [4.78, 5) is 21.0. The number of thioether (sulfide) groups is 1. The van der Waals surface area contributed by atoms with Crippen LogP contribution in [0.3, 0.4) is 0 Å².